The summed E-state index contributed by atoms with van der Waals surface area (Å²) >= 11 is 0. The molecule has 2 unspecified atom stereocenters. The zero-order valence-corrected chi connectivity index (χ0v) is 23.2. The van der Waals surface area contributed by atoms with Gasteiger partial charge < -0.3 is 23.7 Å². The van der Waals surface area contributed by atoms with Crippen molar-refractivity contribution in [1.82, 2.24) is 0 Å². The fourth-order valence-electron chi connectivity index (χ4n) is 4.58. The number of benzene rings is 4. The van der Waals surface area contributed by atoms with Crippen LogP contribution in [0.5, 0.6) is 0 Å². The average molecular weight is 581 g/mol. The summed E-state index contributed by atoms with van der Waals surface area (Å²) in [5.74, 6) is -2.92. The van der Waals surface area contributed by atoms with Crippen LogP contribution >= 0.6 is 0 Å². The van der Waals surface area contributed by atoms with Crippen LogP contribution in [0.1, 0.15) is 48.4 Å². The minimum absolute atomic E-state index is 0.212. The number of ether oxygens (including phenoxy) is 5. The Morgan fingerprint density at radius 3 is 1.44 bits per heavy atom. The van der Waals surface area contributed by atoms with Crippen molar-refractivity contribution in [3.8, 4) is 0 Å². The number of carbonyl (C=O) groups is 4. The lowest BCUT2D eigenvalue weighted by Gasteiger charge is -2.33. The van der Waals surface area contributed by atoms with Gasteiger partial charge in [-0.2, -0.15) is 0 Å². The molecule has 218 valence electrons. The zero-order chi connectivity index (χ0) is 30.2. The van der Waals surface area contributed by atoms with Crippen molar-refractivity contribution < 1.29 is 42.9 Å². The van der Waals surface area contributed by atoms with E-state index in [1.165, 1.54) is 6.92 Å². The molecule has 5 rings (SSSR count). The molecule has 0 amide bonds. The minimum atomic E-state index is -1.86. The van der Waals surface area contributed by atoms with Crippen LogP contribution in [0.15, 0.2) is 121 Å². The number of esters is 4. The molecule has 4 atom stereocenters. The Morgan fingerprint density at radius 2 is 0.977 bits per heavy atom. The van der Waals surface area contributed by atoms with Crippen molar-refractivity contribution in [3.05, 3.63) is 144 Å². The van der Waals surface area contributed by atoms with Gasteiger partial charge in [-0.3, -0.25) is 0 Å². The molecule has 9 nitrogen and oxygen atoms in total. The smallest absolute Gasteiger partial charge is 0.340 e. The molecule has 1 aliphatic heterocycles. The van der Waals surface area contributed by atoms with E-state index in [1.54, 1.807) is 121 Å². The first-order valence-corrected chi connectivity index (χ1v) is 13.5. The molecule has 43 heavy (non-hydrogen) atoms. The largest absolute Gasteiger partial charge is 0.459 e. The predicted molar refractivity (Wildman–Crippen MR) is 153 cm³/mol. The third-order valence-corrected chi connectivity index (χ3v) is 6.85. The van der Waals surface area contributed by atoms with Gasteiger partial charge in [0.1, 0.15) is 12.7 Å². The summed E-state index contributed by atoms with van der Waals surface area (Å²) in [4.78, 5) is 52.5. The Labute approximate surface area is 247 Å². The van der Waals surface area contributed by atoms with Crippen LogP contribution in [0.2, 0.25) is 0 Å². The molecule has 0 saturated carbocycles. The molecule has 4 aromatic carbocycles. The first-order chi connectivity index (χ1) is 20.8. The second-order valence-electron chi connectivity index (χ2n) is 9.87. The fourth-order valence-corrected chi connectivity index (χ4v) is 4.58. The SMILES string of the molecule is CC1(OC(=O)c2ccccc2)[C@H](OC(=O)c2ccccc2)OC(COC(=O)c2ccccc2)[C@@H]1OC(=O)c1ccccc1. The molecule has 1 aliphatic rings. The molecular formula is C34H28O9. The second kappa shape index (κ2) is 13.1. The number of hydrogen-bond acceptors (Lipinski definition) is 9. The third kappa shape index (κ3) is 6.79. The predicted octanol–water partition coefficient (Wildman–Crippen LogP) is 5.27. The van der Waals surface area contributed by atoms with Gasteiger partial charge in [-0.05, 0) is 55.5 Å². The zero-order valence-electron chi connectivity index (χ0n) is 23.2. The highest BCUT2D eigenvalue weighted by Gasteiger charge is 2.61. The average Bonchev–Trinajstić information content (AvgIpc) is 3.30. The van der Waals surface area contributed by atoms with Crippen molar-refractivity contribution in [2.45, 2.75) is 31.0 Å². The third-order valence-electron chi connectivity index (χ3n) is 6.85. The van der Waals surface area contributed by atoms with Gasteiger partial charge in [0.25, 0.3) is 0 Å². The maximum absolute atomic E-state index is 13.3. The first-order valence-electron chi connectivity index (χ1n) is 13.5. The molecular weight excluding hydrogens is 552 g/mol. The first kappa shape index (κ1) is 29.2. The van der Waals surface area contributed by atoms with Crippen molar-refractivity contribution in [2.75, 3.05) is 6.61 Å². The van der Waals surface area contributed by atoms with E-state index in [9.17, 15) is 19.2 Å². The van der Waals surface area contributed by atoms with E-state index in [0.717, 1.165) is 0 Å². The fraction of sp³-hybridized carbons (Fsp3) is 0.176. The van der Waals surface area contributed by atoms with Crippen LogP contribution in [0, 0.1) is 0 Å². The van der Waals surface area contributed by atoms with Crippen LogP contribution in [-0.2, 0) is 23.7 Å². The highest BCUT2D eigenvalue weighted by atomic mass is 16.8. The van der Waals surface area contributed by atoms with E-state index in [4.69, 9.17) is 23.7 Å². The maximum atomic E-state index is 13.3. The standard InChI is InChI=1S/C34H28O9/c1-34(43-32(38)26-20-12-5-13-21-26)28(41-30(36)24-16-8-3-9-17-24)27(22-39-29(35)23-14-6-2-7-15-23)40-33(34)42-31(37)25-18-10-4-11-19-25/h2-21,27-28,33H,22H2,1H3/t27?,28-,33-,34?/m0/s1. The molecule has 0 radical (unpaired) electrons. The van der Waals surface area contributed by atoms with Gasteiger partial charge in [-0.25, -0.2) is 19.2 Å². The Morgan fingerprint density at radius 1 is 0.581 bits per heavy atom. The summed E-state index contributed by atoms with van der Waals surface area (Å²) in [6.07, 6.45) is -4.07. The molecule has 1 heterocycles. The summed E-state index contributed by atoms with van der Waals surface area (Å²) in [6, 6.07) is 32.8. The lowest BCUT2D eigenvalue weighted by molar-refractivity contribution is -0.175. The highest BCUT2D eigenvalue weighted by molar-refractivity contribution is 5.91. The van der Waals surface area contributed by atoms with E-state index in [2.05, 4.69) is 0 Å². The van der Waals surface area contributed by atoms with Gasteiger partial charge in [0.15, 0.2) is 6.10 Å². The molecule has 1 fully saturated rings. The molecule has 1 saturated heterocycles. The summed E-state index contributed by atoms with van der Waals surface area (Å²) in [5, 5.41) is 0. The molecule has 0 N–H and O–H groups in total. The van der Waals surface area contributed by atoms with E-state index >= 15 is 0 Å². The summed E-state index contributed by atoms with van der Waals surface area (Å²) in [5.41, 5.74) is -0.901. The summed E-state index contributed by atoms with van der Waals surface area (Å²) in [7, 11) is 0. The van der Waals surface area contributed by atoms with E-state index in [1.807, 2.05) is 0 Å². The topological polar surface area (TPSA) is 114 Å². The quantitative estimate of drug-likeness (QED) is 0.193. The van der Waals surface area contributed by atoms with Gasteiger partial charge in [-0.1, -0.05) is 72.8 Å². The Bertz CT molecular complexity index is 1560. The minimum Gasteiger partial charge on any atom is -0.459 e. The van der Waals surface area contributed by atoms with Crippen molar-refractivity contribution in [2.24, 2.45) is 0 Å². The maximum Gasteiger partial charge on any atom is 0.340 e. The summed E-state index contributed by atoms with van der Waals surface area (Å²) in [6.45, 7) is 1.04. The Hall–Kier alpha value is -5.28. The van der Waals surface area contributed by atoms with Crippen LogP contribution < -0.4 is 0 Å². The molecule has 0 aromatic heterocycles. The van der Waals surface area contributed by atoms with Crippen LogP contribution in [-0.4, -0.2) is 54.6 Å². The van der Waals surface area contributed by atoms with Gasteiger partial charge >= 0.3 is 23.9 Å². The van der Waals surface area contributed by atoms with Crippen molar-refractivity contribution in [3.63, 3.8) is 0 Å². The molecule has 0 aliphatic carbocycles. The van der Waals surface area contributed by atoms with Gasteiger partial charge in [0.05, 0.1) is 22.3 Å². The van der Waals surface area contributed by atoms with Gasteiger partial charge in [0, 0.05) is 0 Å². The number of rotatable bonds is 9. The van der Waals surface area contributed by atoms with E-state index in [-0.39, 0.29) is 16.7 Å². The van der Waals surface area contributed by atoms with Gasteiger partial charge in [0.2, 0.25) is 11.9 Å². The van der Waals surface area contributed by atoms with Crippen LogP contribution in [0.3, 0.4) is 0 Å². The van der Waals surface area contributed by atoms with Gasteiger partial charge in [-0.15, -0.1) is 0 Å². The van der Waals surface area contributed by atoms with E-state index in [0.29, 0.717) is 5.56 Å². The second-order valence-corrected chi connectivity index (χ2v) is 9.87. The number of carbonyl (C=O) groups excluding carboxylic acids is 4. The van der Waals surface area contributed by atoms with Crippen LogP contribution in [0.25, 0.3) is 0 Å². The summed E-state index contributed by atoms with van der Waals surface area (Å²) < 4.78 is 29.1. The van der Waals surface area contributed by atoms with Crippen molar-refractivity contribution in [1.29, 1.82) is 0 Å². The molecule has 9 heteroatoms. The lowest BCUT2D eigenvalue weighted by Crippen LogP contribution is -2.53. The molecule has 0 spiro atoms. The molecule has 0 bridgehead atoms. The normalized spacial score (nSPS) is 20.9. The van der Waals surface area contributed by atoms with E-state index < -0.39 is 54.6 Å². The number of hydrogen-bond donors (Lipinski definition) is 0. The highest BCUT2D eigenvalue weighted by Crippen LogP contribution is 2.39. The Kier molecular flexibility index (Phi) is 8.93. The van der Waals surface area contributed by atoms with Crippen molar-refractivity contribution >= 4 is 23.9 Å². The monoisotopic (exact) mass is 580 g/mol. The Balaban J connectivity index is 1.48. The van der Waals surface area contributed by atoms with Crippen LogP contribution in [0.4, 0.5) is 0 Å². The molecule has 4 aromatic rings. The lowest BCUT2D eigenvalue weighted by atomic mass is 9.96.